The van der Waals surface area contributed by atoms with E-state index in [0.29, 0.717) is 0 Å². The lowest BCUT2D eigenvalue weighted by atomic mass is 10.0. The predicted octanol–water partition coefficient (Wildman–Crippen LogP) is 3.96. The van der Waals surface area contributed by atoms with E-state index in [-0.39, 0.29) is 0 Å². The van der Waals surface area contributed by atoms with Crippen LogP contribution in [0.2, 0.25) is 0 Å². The van der Waals surface area contributed by atoms with Crippen molar-refractivity contribution in [2.24, 2.45) is 0 Å². The Hall–Kier alpha value is -0.0500. The minimum absolute atomic E-state index is 1.14. The number of aryl methyl sites for hydroxylation is 1. The van der Waals surface area contributed by atoms with E-state index in [4.69, 9.17) is 0 Å². The molecule has 1 aromatic rings. The van der Waals surface area contributed by atoms with Gasteiger partial charge in [0.25, 0.3) is 0 Å². The zero-order chi connectivity index (χ0) is 8.81. The summed E-state index contributed by atoms with van der Waals surface area (Å²) in [5, 5.41) is 0. The molecule has 0 spiro atoms. The minimum Gasteiger partial charge on any atom is -0.0812 e. The Labute approximate surface area is 88.5 Å². The molecule has 0 heterocycles. The lowest BCUT2D eigenvalue weighted by Crippen LogP contribution is -1.90. The molecule has 0 saturated carbocycles. The molecule has 1 heteroatoms. The largest absolute Gasteiger partial charge is 0.0812 e. The Bertz CT molecular complexity index is 230. The van der Waals surface area contributed by atoms with Crippen molar-refractivity contribution in [3.05, 3.63) is 35.4 Å². The molecule has 0 radical (unpaired) electrons. The SMILES string of the molecule is CCCCc1ccccc1CI. The van der Waals surface area contributed by atoms with Gasteiger partial charge in [0, 0.05) is 4.43 Å². The Balaban J connectivity index is 2.68. The van der Waals surface area contributed by atoms with E-state index in [2.05, 4.69) is 53.8 Å². The van der Waals surface area contributed by atoms with Crippen LogP contribution in [0.25, 0.3) is 0 Å². The smallest absolute Gasteiger partial charge is 0.0249 e. The molecule has 1 rings (SSSR count). The van der Waals surface area contributed by atoms with Crippen molar-refractivity contribution >= 4 is 22.6 Å². The maximum atomic E-state index is 2.43. The first-order chi connectivity index (χ1) is 5.88. The van der Waals surface area contributed by atoms with Crippen LogP contribution in [0.3, 0.4) is 0 Å². The van der Waals surface area contributed by atoms with Gasteiger partial charge in [-0.15, -0.1) is 0 Å². The van der Waals surface area contributed by atoms with Crippen LogP contribution < -0.4 is 0 Å². The summed E-state index contributed by atoms with van der Waals surface area (Å²) in [5.74, 6) is 0. The summed E-state index contributed by atoms with van der Waals surface area (Å²) >= 11 is 2.43. The van der Waals surface area contributed by atoms with E-state index in [9.17, 15) is 0 Å². The maximum absolute atomic E-state index is 2.43. The molecule has 0 aliphatic heterocycles. The van der Waals surface area contributed by atoms with Gasteiger partial charge in [-0.05, 0) is 24.0 Å². The van der Waals surface area contributed by atoms with Crippen molar-refractivity contribution in [1.29, 1.82) is 0 Å². The second-order valence-electron chi connectivity index (χ2n) is 3.01. The number of rotatable bonds is 4. The van der Waals surface area contributed by atoms with Crippen LogP contribution in [0.4, 0.5) is 0 Å². The molecule has 0 aliphatic carbocycles. The van der Waals surface area contributed by atoms with Crippen LogP contribution in [0.1, 0.15) is 30.9 Å². The van der Waals surface area contributed by atoms with E-state index in [1.807, 2.05) is 0 Å². The molecule has 1 aromatic carbocycles. The van der Waals surface area contributed by atoms with Crippen LogP contribution in [0.15, 0.2) is 24.3 Å². The number of hydrogen-bond acceptors (Lipinski definition) is 0. The van der Waals surface area contributed by atoms with E-state index < -0.39 is 0 Å². The standard InChI is InChI=1S/C11H15I/c1-2-3-6-10-7-4-5-8-11(10)9-12/h4-5,7-8H,2-3,6,9H2,1H3. The average molecular weight is 274 g/mol. The van der Waals surface area contributed by atoms with Gasteiger partial charge in [0.1, 0.15) is 0 Å². The van der Waals surface area contributed by atoms with Crippen LogP contribution >= 0.6 is 22.6 Å². The quantitative estimate of drug-likeness (QED) is 0.575. The molecule has 0 aliphatic rings. The van der Waals surface area contributed by atoms with Crippen molar-refractivity contribution in [2.75, 3.05) is 0 Å². The summed E-state index contributed by atoms with van der Waals surface area (Å²) in [7, 11) is 0. The Kier molecular flexibility index (Phi) is 4.66. The first-order valence-electron chi connectivity index (χ1n) is 4.51. The summed E-state index contributed by atoms with van der Waals surface area (Å²) in [6.07, 6.45) is 3.85. The van der Waals surface area contributed by atoms with Crippen LogP contribution in [0.5, 0.6) is 0 Å². The normalized spacial score (nSPS) is 10.2. The van der Waals surface area contributed by atoms with Crippen LogP contribution in [-0.2, 0) is 10.8 Å². The van der Waals surface area contributed by atoms with Gasteiger partial charge >= 0.3 is 0 Å². The fraction of sp³-hybridized carbons (Fsp3) is 0.455. The second-order valence-corrected chi connectivity index (χ2v) is 3.77. The minimum atomic E-state index is 1.14. The van der Waals surface area contributed by atoms with Crippen molar-refractivity contribution in [3.63, 3.8) is 0 Å². The predicted molar refractivity (Wildman–Crippen MR) is 62.8 cm³/mol. The fourth-order valence-electron chi connectivity index (χ4n) is 1.30. The number of unbranched alkanes of at least 4 members (excludes halogenated alkanes) is 1. The van der Waals surface area contributed by atoms with E-state index >= 15 is 0 Å². The van der Waals surface area contributed by atoms with E-state index in [0.717, 1.165) is 4.43 Å². The lowest BCUT2D eigenvalue weighted by Gasteiger charge is -2.04. The van der Waals surface area contributed by atoms with Crippen molar-refractivity contribution in [3.8, 4) is 0 Å². The van der Waals surface area contributed by atoms with Gasteiger partial charge in [-0.2, -0.15) is 0 Å². The summed E-state index contributed by atoms with van der Waals surface area (Å²) < 4.78 is 1.14. The van der Waals surface area contributed by atoms with Crippen LogP contribution in [0, 0.1) is 0 Å². The van der Waals surface area contributed by atoms with Crippen molar-refractivity contribution < 1.29 is 0 Å². The molecule has 0 nitrogen and oxygen atoms in total. The molecule has 0 bridgehead atoms. The fourth-order valence-corrected chi connectivity index (χ4v) is 2.04. The molecule has 66 valence electrons. The second kappa shape index (κ2) is 5.57. The van der Waals surface area contributed by atoms with E-state index in [1.165, 1.54) is 30.4 Å². The molecule has 0 unspecified atom stereocenters. The third-order valence-electron chi connectivity index (χ3n) is 2.06. The maximum Gasteiger partial charge on any atom is 0.0249 e. The zero-order valence-corrected chi connectivity index (χ0v) is 9.67. The van der Waals surface area contributed by atoms with Gasteiger partial charge < -0.3 is 0 Å². The summed E-state index contributed by atoms with van der Waals surface area (Å²) in [4.78, 5) is 0. The highest BCUT2D eigenvalue weighted by molar-refractivity contribution is 14.1. The molecule has 12 heavy (non-hydrogen) atoms. The monoisotopic (exact) mass is 274 g/mol. The van der Waals surface area contributed by atoms with Gasteiger partial charge in [0.05, 0.1) is 0 Å². The number of benzene rings is 1. The highest BCUT2D eigenvalue weighted by Gasteiger charge is 1.98. The topological polar surface area (TPSA) is 0 Å². The van der Waals surface area contributed by atoms with Gasteiger partial charge in [0.2, 0.25) is 0 Å². The lowest BCUT2D eigenvalue weighted by molar-refractivity contribution is 0.791. The average Bonchev–Trinajstić information content (AvgIpc) is 2.15. The molecule has 0 saturated heterocycles. The summed E-state index contributed by atoms with van der Waals surface area (Å²) in [6, 6.07) is 8.76. The Morgan fingerprint density at radius 1 is 1.17 bits per heavy atom. The van der Waals surface area contributed by atoms with Gasteiger partial charge in [-0.25, -0.2) is 0 Å². The molecule has 0 atom stereocenters. The molecule has 0 fully saturated rings. The highest BCUT2D eigenvalue weighted by atomic mass is 127. The highest BCUT2D eigenvalue weighted by Crippen LogP contribution is 2.14. The van der Waals surface area contributed by atoms with Crippen molar-refractivity contribution in [1.82, 2.24) is 0 Å². The van der Waals surface area contributed by atoms with Gasteiger partial charge in [0.15, 0.2) is 0 Å². The zero-order valence-electron chi connectivity index (χ0n) is 7.52. The molecule has 0 amide bonds. The van der Waals surface area contributed by atoms with Gasteiger partial charge in [-0.3, -0.25) is 0 Å². The van der Waals surface area contributed by atoms with E-state index in [1.54, 1.807) is 0 Å². The Morgan fingerprint density at radius 2 is 1.83 bits per heavy atom. The first kappa shape index (κ1) is 10.0. The molecular formula is C11H15I. The van der Waals surface area contributed by atoms with Crippen molar-refractivity contribution in [2.45, 2.75) is 30.6 Å². The summed E-state index contributed by atoms with van der Waals surface area (Å²) in [6.45, 7) is 2.24. The first-order valence-corrected chi connectivity index (χ1v) is 6.03. The Morgan fingerprint density at radius 3 is 2.42 bits per heavy atom. The number of alkyl halides is 1. The van der Waals surface area contributed by atoms with Gasteiger partial charge in [-0.1, -0.05) is 60.2 Å². The molecule has 0 N–H and O–H groups in total. The third kappa shape index (κ3) is 2.77. The van der Waals surface area contributed by atoms with Crippen LogP contribution in [-0.4, -0.2) is 0 Å². The number of halogens is 1. The molecular weight excluding hydrogens is 259 g/mol. The summed E-state index contributed by atoms with van der Waals surface area (Å²) in [5.41, 5.74) is 3.04. The molecule has 0 aromatic heterocycles. The third-order valence-corrected chi connectivity index (χ3v) is 2.88. The number of hydrogen-bond donors (Lipinski definition) is 0.